The molecule has 0 bridgehead atoms. The zero-order valence-electron chi connectivity index (χ0n) is 6.34. The van der Waals surface area contributed by atoms with Crippen molar-refractivity contribution in [2.45, 2.75) is 0 Å². The molecule has 0 radical (unpaired) electrons. The van der Waals surface area contributed by atoms with Crippen LogP contribution in [0.5, 0.6) is 0 Å². The summed E-state index contributed by atoms with van der Waals surface area (Å²) < 4.78 is 0. The monoisotopic (exact) mass is 197 g/mol. The molecule has 3 heteroatoms. The van der Waals surface area contributed by atoms with Crippen molar-refractivity contribution in [3.8, 4) is 11.8 Å². The van der Waals surface area contributed by atoms with E-state index in [1.807, 2.05) is 6.07 Å². The number of rotatable bonds is 0. The quantitative estimate of drug-likeness (QED) is 0.372. The second-order valence-electron chi connectivity index (χ2n) is 2.20. The molecule has 0 saturated carbocycles. The van der Waals surface area contributed by atoms with Crippen molar-refractivity contribution >= 4 is 29.9 Å². The summed E-state index contributed by atoms with van der Waals surface area (Å²) in [5.41, 5.74) is 6.96. The van der Waals surface area contributed by atoms with Crippen LogP contribution >= 0.6 is 24.2 Å². The fourth-order valence-electron chi connectivity index (χ4n) is 0.746. The van der Waals surface area contributed by atoms with Crippen molar-refractivity contribution in [2.75, 3.05) is 11.5 Å². The van der Waals surface area contributed by atoms with Gasteiger partial charge in [-0.2, -0.15) is 12.6 Å². The van der Waals surface area contributed by atoms with Gasteiger partial charge < -0.3 is 5.73 Å². The van der Waals surface area contributed by atoms with Gasteiger partial charge in [-0.05, 0) is 18.2 Å². The van der Waals surface area contributed by atoms with E-state index in [0.717, 1.165) is 5.56 Å². The van der Waals surface area contributed by atoms with E-state index in [2.05, 4.69) is 24.5 Å². The summed E-state index contributed by atoms with van der Waals surface area (Å²) in [4.78, 5) is 0. The molecule has 0 amide bonds. The Morgan fingerprint density at radius 1 is 1.50 bits per heavy atom. The minimum atomic E-state index is 0.543. The van der Waals surface area contributed by atoms with Gasteiger partial charge in [-0.1, -0.05) is 23.4 Å². The lowest BCUT2D eigenvalue weighted by Crippen LogP contribution is -1.86. The number of hydrogen-bond acceptors (Lipinski definition) is 2. The van der Waals surface area contributed by atoms with Gasteiger partial charge in [0.15, 0.2) is 0 Å². The molecule has 1 aromatic carbocycles. The first kappa shape index (κ1) is 9.31. The van der Waals surface area contributed by atoms with E-state index in [-0.39, 0.29) is 0 Å². The van der Waals surface area contributed by atoms with Gasteiger partial charge in [0.1, 0.15) is 0 Å². The minimum absolute atomic E-state index is 0.543. The number of halogens is 1. The Balaban J connectivity index is 2.97. The SMILES string of the molecule is Nc1ccc(C#CCS)cc1Cl. The van der Waals surface area contributed by atoms with Crippen molar-refractivity contribution in [3.63, 3.8) is 0 Å². The smallest absolute Gasteiger partial charge is 0.0647 e. The van der Waals surface area contributed by atoms with E-state index < -0.39 is 0 Å². The molecular formula is C9H8ClNS. The van der Waals surface area contributed by atoms with Gasteiger partial charge in [0.05, 0.1) is 16.5 Å². The summed E-state index contributed by atoms with van der Waals surface area (Å²) in [5, 5.41) is 0.543. The molecule has 0 aliphatic heterocycles. The summed E-state index contributed by atoms with van der Waals surface area (Å²) in [6, 6.07) is 5.32. The summed E-state index contributed by atoms with van der Waals surface area (Å²) in [5.74, 6) is 6.27. The zero-order chi connectivity index (χ0) is 8.97. The highest BCUT2D eigenvalue weighted by Gasteiger charge is 1.94. The predicted octanol–water partition coefficient (Wildman–Crippen LogP) is 2.20. The van der Waals surface area contributed by atoms with Crippen LogP contribution in [-0.2, 0) is 0 Å². The number of nitrogens with two attached hydrogens (primary N) is 1. The maximum absolute atomic E-state index is 5.78. The molecule has 0 fully saturated rings. The molecule has 0 saturated heterocycles. The Labute approximate surface area is 82.3 Å². The van der Waals surface area contributed by atoms with E-state index in [0.29, 0.717) is 16.5 Å². The molecule has 0 aliphatic carbocycles. The summed E-state index contributed by atoms with van der Waals surface area (Å²) in [6.07, 6.45) is 0. The van der Waals surface area contributed by atoms with E-state index in [4.69, 9.17) is 17.3 Å². The molecule has 62 valence electrons. The number of nitrogen functional groups attached to an aromatic ring is 1. The highest BCUT2D eigenvalue weighted by molar-refractivity contribution is 7.80. The van der Waals surface area contributed by atoms with Gasteiger partial charge in [0.2, 0.25) is 0 Å². The third-order valence-electron chi connectivity index (χ3n) is 1.31. The molecule has 0 heterocycles. The standard InChI is InChI=1S/C9H8ClNS/c10-8-6-7(2-1-5-12)3-4-9(8)11/h3-4,6,12H,5,11H2. The second-order valence-corrected chi connectivity index (χ2v) is 2.92. The Hall–Kier alpha value is -0.780. The maximum Gasteiger partial charge on any atom is 0.0647 e. The molecule has 1 aromatic rings. The van der Waals surface area contributed by atoms with Crippen LogP contribution < -0.4 is 5.73 Å². The van der Waals surface area contributed by atoms with Crippen LogP contribution in [0.3, 0.4) is 0 Å². The molecule has 1 nitrogen and oxygen atoms in total. The van der Waals surface area contributed by atoms with E-state index in [9.17, 15) is 0 Å². The summed E-state index contributed by atoms with van der Waals surface area (Å²) in [7, 11) is 0. The average molecular weight is 198 g/mol. The van der Waals surface area contributed by atoms with Crippen LogP contribution in [0.4, 0.5) is 5.69 Å². The fourth-order valence-corrected chi connectivity index (χ4v) is 1.01. The van der Waals surface area contributed by atoms with Crippen molar-refractivity contribution in [3.05, 3.63) is 28.8 Å². The third-order valence-corrected chi connectivity index (χ3v) is 1.80. The van der Waals surface area contributed by atoms with Crippen LogP contribution in [0.15, 0.2) is 18.2 Å². The van der Waals surface area contributed by atoms with Crippen molar-refractivity contribution in [1.29, 1.82) is 0 Å². The predicted molar refractivity (Wildman–Crippen MR) is 56.6 cm³/mol. The van der Waals surface area contributed by atoms with Crippen molar-refractivity contribution in [1.82, 2.24) is 0 Å². The number of benzene rings is 1. The highest BCUT2D eigenvalue weighted by atomic mass is 35.5. The maximum atomic E-state index is 5.78. The molecule has 0 atom stereocenters. The zero-order valence-corrected chi connectivity index (χ0v) is 7.99. The first-order valence-corrected chi connectivity index (χ1v) is 4.40. The van der Waals surface area contributed by atoms with Crippen LogP contribution in [0, 0.1) is 11.8 Å². The first-order valence-electron chi connectivity index (χ1n) is 3.39. The summed E-state index contributed by atoms with van der Waals surface area (Å²) >= 11 is 9.75. The van der Waals surface area contributed by atoms with Gasteiger partial charge in [-0.3, -0.25) is 0 Å². The van der Waals surface area contributed by atoms with E-state index in [1.165, 1.54) is 0 Å². The normalized spacial score (nSPS) is 8.83. The van der Waals surface area contributed by atoms with Gasteiger partial charge >= 0.3 is 0 Å². The van der Waals surface area contributed by atoms with Crippen molar-refractivity contribution in [2.24, 2.45) is 0 Å². The van der Waals surface area contributed by atoms with Crippen LogP contribution in [0.1, 0.15) is 5.56 Å². The van der Waals surface area contributed by atoms with Crippen LogP contribution in [-0.4, -0.2) is 5.75 Å². The van der Waals surface area contributed by atoms with Gasteiger partial charge in [0.25, 0.3) is 0 Å². The van der Waals surface area contributed by atoms with Gasteiger partial charge in [0, 0.05) is 5.56 Å². The molecule has 0 aliphatic rings. The fraction of sp³-hybridized carbons (Fsp3) is 0.111. The lowest BCUT2D eigenvalue weighted by Gasteiger charge is -1.96. The Bertz CT molecular complexity index is 338. The second kappa shape index (κ2) is 4.30. The van der Waals surface area contributed by atoms with Gasteiger partial charge in [-0.25, -0.2) is 0 Å². The lowest BCUT2D eigenvalue weighted by molar-refractivity contribution is 1.63. The lowest BCUT2D eigenvalue weighted by atomic mass is 10.2. The molecule has 2 N–H and O–H groups in total. The average Bonchev–Trinajstić information content (AvgIpc) is 2.07. The number of hydrogen-bond donors (Lipinski definition) is 2. The number of thiol groups is 1. The Kier molecular flexibility index (Phi) is 3.33. The third kappa shape index (κ3) is 2.37. The highest BCUT2D eigenvalue weighted by Crippen LogP contribution is 2.18. The molecule has 1 rings (SSSR count). The molecule has 12 heavy (non-hydrogen) atoms. The van der Waals surface area contributed by atoms with Gasteiger partial charge in [-0.15, -0.1) is 0 Å². The van der Waals surface area contributed by atoms with Crippen molar-refractivity contribution < 1.29 is 0 Å². The molecular weight excluding hydrogens is 190 g/mol. The Morgan fingerprint density at radius 2 is 2.25 bits per heavy atom. The largest absolute Gasteiger partial charge is 0.398 e. The first-order chi connectivity index (χ1) is 5.74. The van der Waals surface area contributed by atoms with Crippen LogP contribution in [0.2, 0.25) is 5.02 Å². The minimum Gasteiger partial charge on any atom is -0.398 e. The summed E-state index contributed by atoms with van der Waals surface area (Å²) in [6.45, 7) is 0. The Morgan fingerprint density at radius 3 is 2.83 bits per heavy atom. The molecule has 0 aromatic heterocycles. The molecule has 0 unspecified atom stereocenters. The van der Waals surface area contributed by atoms with E-state index >= 15 is 0 Å². The number of anilines is 1. The van der Waals surface area contributed by atoms with E-state index in [1.54, 1.807) is 12.1 Å². The molecule has 0 spiro atoms. The van der Waals surface area contributed by atoms with Crippen LogP contribution in [0.25, 0.3) is 0 Å². The topological polar surface area (TPSA) is 26.0 Å².